The van der Waals surface area contributed by atoms with Crippen LogP contribution >= 0.6 is 0 Å². The molecule has 27 heavy (non-hydrogen) atoms. The van der Waals surface area contributed by atoms with Crippen LogP contribution in [0, 0.1) is 5.92 Å². The van der Waals surface area contributed by atoms with Gasteiger partial charge in [0.25, 0.3) is 17.7 Å². The van der Waals surface area contributed by atoms with Crippen molar-refractivity contribution in [2.45, 2.75) is 78.2 Å². The van der Waals surface area contributed by atoms with E-state index >= 15 is 0 Å². The van der Waals surface area contributed by atoms with Crippen molar-refractivity contribution in [2.24, 2.45) is 5.92 Å². The van der Waals surface area contributed by atoms with Crippen molar-refractivity contribution in [3.63, 3.8) is 0 Å². The topological polar surface area (TPSA) is 102 Å². The van der Waals surface area contributed by atoms with Gasteiger partial charge in [-0.1, -0.05) is 20.3 Å². The monoisotopic (exact) mass is 384 g/mol. The van der Waals surface area contributed by atoms with Crippen LogP contribution in [0.2, 0.25) is 0 Å². The Bertz CT molecular complexity index is 528. The van der Waals surface area contributed by atoms with Crippen molar-refractivity contribution < 1.29 is 28.8 Å². The number of hydroxylamine groups is 2. The third kappa shape index (κ3) is 8.51. The third-order valence-corrected chi connectivity index (χ3v) is 4.25. The third-order valence-electron chi connectivity index (χ3n) is 4.25. The van der Waals surface area contributed by atoms with Crippen LogP contribution in [0.1, 0.15) is 72.6 Å². The molecule has 0 aromatic rings. The van der Waals surface area contributed by atoms with Crippen LogP contribution in [-0.4, -0.2) is 47.5 Å². The van der Waals surface area contributed by atoms with Crippen molar-refractivity contribution in [1.82, 2.24) is 10.4 Å². The summed E-state index contributed by atoms with van der Waals surface area (Å²) in [7, 11) is 0. The van der Waals surface area contributed by atoms with Gasteiger partial charge in [-0.15, -0.1) is 5.06 Å². The molecule has 0 aromatic heterocycles. The summed E-state index contributed by atoms with van der Waals surface area (Å²) < 4.78 is 5.66. The summed E-state index contributed by atoms with van der Waals surface area (Å²) in [5.41, 5.74) is -0.868. The van der Waals surface area contributed by atoms with E-state index in [-0.39, 0.29) is 25.2 Å². The highest BCUT2D eigenvalue weighted by Crippen LogP contribution is 2.14. The lowest BCUT2D eigenvalue weighted by atomic mass is 10.1. The fourth-order valence-corrected chi connectivity index (χ4v) is 2.41. The number of nitrogens with zero attached hydrogens (tertiary/aromatic N) is 1. The molecule has 1 rings (SSSR count). The van der Waals surface area contributed by atoms with Crippen molar-refractivity contribution in [3.8, 4) is 0 Å². The Balaban J connectivity index is 2.12. The Morgan fingerprint density at radius 3 is 2.33 bits per heavy atom. The SMILES string of the molecule is CC(C)CCOC(C)(C)C(=O)NCCCCCC(=O)ON1C(=O)CCC1=O. The van der Waals surface area contributed by atoms with Crippen molar-refractivity contribution in [2.75, 3.05) is 13.2 Å². The number of amides is 3. The molecule has 0 spiro atoms. The van der Waals surface area contributed by atoms with Gasteiger partial charge < -0.3 is 14.9 Å². The second-order valence-corrected chi connectivity index (χ2v) is 7.65. The Labute approximate surface area is 160 Å². The first-order valence-corrected chi connectivity index (χ1v) is 9.62. The molecule has 1 fully saturated rings. The highest BCUT2D eigenvalue weighted by molar-refractivity contribution is 6.01. The average molecular weight is 384 g/mol. The number of ether oxygens (including phenoxy) is 1. The molecule has 1 aliphatic rings. The Morgan fingerprint density at radius 2 is 1.74 bits per heavy atom. The van der Waals surface area contributed by atoms with Crippen LogP contribution in [0.4, 0.5) is 0 Å². The number of carbonyl (C=O) groups is 4. The number of hydrogen-bond acceptors (Lipinski definition) is 6. The summed E-state index contributed by atoms with van der Waals surface area (Å²) in [6.07, 6.45) is 3.18. The van der Waals surface area contributed by atoms with Gasteiger partial charge in [-0.3, -0.25) is 14.4 Å². The zero-order valence-corrected chi connectivity index (χ0v) is 16.8. The Kier molecular flexibility index (Phi) is 9.41. The largest absolute Gasteiger partial charge is 0.366 e. The normalized spacial score (nSPS) is 14.8. The maximum Gasteiger partial charge on any atom is 0.333 e. The summed E-state index contributed by atoms with van der Waals surface area (Å²) >= 11 is 0. The first-order valence-electron chi connectivity index (χ1n) is 9.62. The molecular weight excluding hydrogens is 352 g/mol. The minimum absolute atomic E-state index is 0.0867. The number of rotatable bonds is 12. The van der Waals surface area contributed by atoms with E-state index in [4.69, 9.17) is 9.57 Å². The molecule has 1 saturated heterocycles. The van der Waals surface area contributed by atoms with Gasteiger partial charge in [0.1, 0.15) is 5.60 Å². The zero-order chi connectivity index (χ0) is 20.4. The molecule has 1 heterocycles. The first kappa shape index (κ1) is 23.1. The van der Waals surface area contributed by atoms with E-state index < -0.39 is 23.4 Å². The van der Waals surface area contributed by atoms with E-state index in [1.807, 2.05) is 0 Å². The van der Waals surface area contributed by atoms with E-state index in [1.54, 1.807) is 13.8 Å². The predicted molar refractivity (Wildman–Crippen MR) is 98.1 cm³/mol. The van der Waals surface area contributed by atoms with E-state index in [9.17, 15) is 19.2 Å². The number of hydrogen-bond donors (Lipinski definition) is 1. The fourth-order valence-electron chi connectivity index (χ4n) is 2.41. The van der Waals surface area contributed by atoms with Gasteiger partial charge in [0.15, 0.2) is 0 Å². The van der Waals surface area contributed by atoms with E-state index in [0.717, 1.165) is 6.42 Å². The van der Waals surface area contributed by atoms with Crippen molar-refractivity contribution >= 4 is 23.7 Å². The molecule has 0 bridgehead atoms. The van der Waals surface area contributed by atoms with Crippen molar-refractivity contribution in [3.05, 3.63) is 0 Å². The fraction of sp³-hybridized carbons (Fsp3) is 0.789. The predicted octanol–water partition coefficient (Wildman–Crippen LogP) is 2.11. The summed E-state index contributed by atoms with van der Waals surface area (Å²) in [4.78, 5) is 51.3. The lowest BCUT2D eigenvalue weighted by Gasteiger charge is -2.24. The highest BCUT2D eigenvalue weighted by atomic mass is 16.7. The lowest BCUT2D eigenvalue weighted by Crippen LogP contribution is -2.44. The van der Waals surface area contributed by atoms with Gasteiger partial charge in [-0.2, -0.15) is 0 Å². The summed E-state index contributed by atoms with van der Waals surface area (Å²) in [5.74, 6) is -1.18. The summed E-state index contributed by atoms with van der Waals surface area (Å²) in [6, 6.07) is 0. The summed E-state index contributed by atoms with van der Waals surface area (Å²) in [6.45, 7) is 8.75. The lowest BCUT2D eigenvalue weighted by molar-refractivity contribution is -0.197. The maximum absolute atomic E-state index is 12.2. The molecular formula is C19H32N2O6. The van der Waals surface area contributed by atoms with Gasteiger partial charge in [-0.25, -0.2) is 4.79 Å². The van der Waals surface area contributed by atoms with Crippen LogP contribution in [0.15, 0.2) is 0 Å². The van der Waals surface area contributed by atoms with E-state index in [2.05, 4.69) is 19.2 Å². The van der Waals surface area contributed by atoms with Crippen molar-refractivity contribution in [1.29, 1.82) is 0 Å². The quantitative estimate of drug-likeness (QED) is 0.408. The molecule has 0 saturated carbocycles. The maximum atomic E-state index is 12.2. The standard InChI is InChI=1S/C19H32N2O6/c1-14(2)11-13-26-19(3,4)18(25)20-12-7-5-6-8-17(24)27-21-15(22)9-10-16(21)23/h14H,5-13H2,1-4H3,(H,20,25). The molecule has 8 nitrogen and oxygen atoms in total. The summed E-state index contributed by atoms with van der Waals surface area (Å²) in [5, 5.41) is 3.40. The van der Waals surface area contributed by atoms with Crippen LogP contribution < -0.4 is 5.32 Å². The second kappa shape index (κ2) is 11.0. The Morgan fingerprint density at radius 1 is 1.11 bits per heavy atom. The molecule has 3 amide bonds. The molecule has 0 unspecified atom stereocenters. The van der Waals surface area contributed by atoms with Gasteiger partial charge in [0.05, 0.1) is 0 Å². The molecule has 8 heteroatoms. The smallest absolute Gasteiger partial charge is 0.333 e. The van der Waals surface area contributed by atoms with Gasteiger partial charge in [0.2, 0.25) is 0 Å². The van der Waals surface area contributed by atoms with E-state index in [1.165, 1.54) is 0 Å². The van der Waals surface area contributed by atoms with Gasteiger partial charge in [-0.05, 0) is 39.0 Å². The molecule has 0 aliphatic carbocycles. The molecule has 0 radical (unpaired) electrons. The zero-order valence-electron chi connectivity index (χ0n) is 16.8. The molecule has 0 aromatic carbocycles. The second-order valence-electron chi connectivity index (χ2n) is 7.65. The molecule has 1 aliphatic heterocycles. The number of nitrogens with one attached hydrogen (secondary N) is 1. The molecule has 0 atom stereocenters. The average Bonchev–Trinajstić information content (AvgIpc) is 2.89. The molecule has 1 N–H and O–H groups in total. The van der Waals surface area contributed by atoms with E-state index in [0.29, 0.717) is 43.4 Å². The highest BCUT2D eigenvalue weighted by Gasteiger charge is 2.32. The van der Waals surface area contributed by atoms with Crippen LogP contribution in [-0.2, 0) is 28.8 Å². The number of unbranched alkanes of at least 4 members (excludes halogenated alkanes) is 2. The van der Waals surface area contributed by atoms with Gasteiger partial charge in [0, 0.05) is 32.4 Å². The number of carbonyl (C=O) groups excluding carboxylic acids is 4. The van der Waals surface area contributed by atoms with Gasteiger partial charge >= 0.3 is 5.97 Å². The first-order chi connectivity index (χ1) is 12.6. The minimum Gasteiger partial charge on any atom is -0.366 e. The molecule has 154 valence electrons. The minimum atomic E-state index is -0.868. The van der Waals surface area contributed by atoms with Crippen LogP contribution in [0.5, 0.6) is 0 Å². The number of imide groups is 1. The van der Waals surface area contributed by atoms with Crippen LogP contribution in [0.25, 0.3) is 0 Å². The Hall–Kier alpha value is -1.96. The van der Waals surface area contributed by atoms with Crippen LogP contribution in [0.3, 0.4) is 0 Å².